The maximum absolute atomic E-state index is 12.4. The molecule has 0 spiro atoms. The van der Waals surface area contributed by atoms with Crippen molar-refractivity contribution in [3.63, 3.8) is 0 Å². The second-order valence-corrected chi connectivity index (χ2v) is 7.83. The standard InChI is InChI=1S/C27H28N2O4/c1-32-21-12-13-22-23(17-28-15-14-20-10-6-7-11-25(20)33-2)26(27(30)31)29(24(22)16-21)18-19-8-4-3-5-9-19/h3-13,16,28H,14-15,17-18H2,1-2H3,(H,30,31). The van der Waals surface area contributed by atoms with Gasteiger partial charge in [-0.15, -0.1) is 0 Å². The van der Waals surface area contributed by atoms with E-state index in [1.807, 2.05) is 77.4 Å². The molecule has 1 heterocycles. The minimum absolute atomic E-state index is 0.298. The summed E-state index contributed by atoms with van der Waals surface area (Å²) in [7, 11) is 3.28. The molecular weight excluding hydrogens is 416 g/mol. The number of ether oxygens (including phenoxy) is 2. The van der Waals surface area contributed by atoms with Gasteiger partial charge in [0.05, 0.1) is 19.7 Å². The number of carbonyl (C=O) groups is 1. The van der Waals surface area contributed by atoms with E-state index in [1.165, 1.54) is 0 Å². The lowest BCUT2D eigenvalue weighted by molar-refractivity contribution is 0.0684. The Kier molecular flexibility index (Phi) is 6.95. The summed E-state index contributed by atoms with van der Waals surface area (Å²) >= 11 is 0. The van der Waals surface area contributed by atoms with Crippen molar-refractivity contribution in [1.82, 2.24) is 9.88 Å². The monoisotopic (exact) mass is 444 g/mol. The molecule has 0 fully saturated rings. The van der Waals surface area contributed by atoms with Crippen LogP contribution < -0.4 is 14.8 Å². The smallest absolute Gasteiger partial charge is 0.352 e. The minimum atomic E-state index is -0.942. The third kappa shape index (κ3) is 4.86. The van der Waals surface area contributed by atoms with Gasteiger partial charge in [-0.1, -0.05) is 48.5 Å². The van der Waals surface area contributed by atoms with E-state index in [1.54, 1.807) is 14.2 Å². The van der Waals surface area contributed by atoms with Crippen LogP contribution in [-0.2, 0) is 19.5 Å². The topological polar surface area (TPSA) is 72.7 Å². The average molecular weight is 445 g/mol. The summed E-state index contributed by atoms with van der Waals surface area (Å²) in [6.07, 6.45) is 0.781. The molecule has 0 amide bonds. The normalized spacial score (nSPS) is 11.0. The number of fused-ring (bicyclic) bond motifs is 1. The summed E-state index contributed by atoms with van der Waals surface area (Å²) < 4.78 is 12.7. The van der Waals surface area contributed by atoms with Gasteiger partial charge in [0.1, 0.15) is 17.2 Å². The SMILES string of the molecule is COc1ccc2c(CNCCc3ccccc3OC)c(C(=O)O)n(Cc3ccccc3)c2c1. The Morgan fingerprint density at radius 1 is 0.970 bits per heavy atom. The lowest BCUT2D eigenvalue weighted by Gasteiger charge is -2.11. The van der Waals surface area contributed by atoms with Gasteiger partial charge >= 0.3 is 5.97 Å². The predicted molar refractivity (Wildman–Crippen MR) is 129 cm³/mol. The van der Waals surface area contributed by atoms with Crippen LogP contribution in [0, 0.1) is 0 Å². The molecule has 1 aromatic heterocycles. The molecule has 2 N–H and O–H groups in total. The maximum atomic E-state index is 12.4. The van der Waals surface area contributed by atoms with Gasteiger partial charge in [0, 0.05) is 30.1 Å². The Balaban J connectivity index is 1.65. The van der Waals surface area contributed by atoms with Gasteiger partial charge in [-0.2, -0.15) is 0 Å². The molecule has 0 aliphatic heterocycles. The highest BCUT2D eigenvalue weighted by atomic mass is 16.5. The summed E-state index contributed by atoms with van der Waals surface area (Å²) in [6, 6.07) is 23.5. The molecule has 0 atom stereocenters. The van der Waals surface area contributed by atoms with Crippen LogP contribution in [0.15, 0.2) is 72.8 Å². The van der Waals surface area contributed by atoms with E-state index in [9.17, 15) is 9.90 Å². The molecule has 4 rings (SSSR count). The van der Waals surface area contributed by atoms with E-state index in [4.69, 9.17) is 9.47 Å². The lowest BCUT2D eigenvalue weighted by atomic mass is 10.1. The van der Waals surface area contributed by atoms with Gasteiger partial charge in [-0.25, -0.2) is 4.79 Å². The van der Waals surface area contributed by atoms with Crippen molar-refractivity contribution in [1.29, 1.82) is 0 Å². The molecule has 170 valence electrons. The molecule has 0 saturated carbocycles. The molecule has 0 unspecified atom stereocenters. The number of carboxylic acid groups (broad SMARTS) is 1. The van der Waals surface area contributed by atoms with E-state index in [-0.39, 0.29) is 0 Å². The summed E-state index contributed by atoms with van der Waals surface area (Å²) in [4.78, 5) is 12.4. The number of aromatic nitrogens is 1. The second kappa shape index (κ2) is 10.2. The van der Waals surface area contributed by atoms with Crippen LogP contribution in [0.3, 0.4) is 0 Å². The fraction of sp³-hybridized carbons (Fsp3) is 0.222. The number of methoxy groups -OCH3 is 2. The van der Waals surface area contributed by atoms with Gasteiger partial charge < -0.3 is 24.5 Å². The summed E-state index contributed by atoms with van der Waals surface area (Å²) in [5.41, 5.74) is 4.07. The molecule has 0 aliphatic rings. The third-order valence-electron chi connectivity index (χ3n) is 5.83. The van der Waals surface area contributed by atoms with Crippen LogP contribution in [0.4, 0.5) is 0 Å². The van der Waals surface area contributed by atoms with Crippen LogP contribution in [0.25, 0.3) is 10.9 Å². The minimum Gasteiger partial charge on any atom is -0.497 e. The molecule has 6 heteroatoms. The Labute approximate surface area is 193 Å². The highest BCUT2D eigenvalue weighted by Gasteiger charge is 2.22. The molecule has 0 radical (unpaired) electrons. The van der Waals surface area contributed by atoms with E-state index in [2.05, 4.69) is 5.32 Å². The fourth-order valence-corrected chi connectivity index (χ4v) is 4.23. The largest absolute Gasteiger partial charge is 0.497 e. The van der Waals surface area contributed by atoms with Gasteiger partial charge in [-0.3, -0.25) is 0 Å². The highest BCUT2D eigenvalue weighted by molar-refractivity contribution is 5.98. The van der Waals surface area contributed by atoms with Crippen LogP contribution in [0.1, 0.15) is 27.2 Å². The first-order chi connectivity index (χ1) is 16.1. The number of para-hydroxylation sites is 1. The van der Waals surface area contributed by atoms with Gasteiger partial charge in [0.25, 0.3) is 0 Å². The lowest BCUT2D eigenvalue weighted by Crippen LogP contribution is -2.19. The number of hydrogen-bond donors (Lipinski definition) is 2. The van der Waals surface area contributed by atoms with Crippen molar-refractivity contribution in [3.8, 4) is 11.5 Å². The first-order valence-electron chi connectivity index (χ1n) is 10.9. The Morgan fingerprint density at radius 3 is 2.45 bits per heavy atom. The summed E-state index contributed by atoms with van der Waals surface area (Å²) in [6.45, 7) is 1.61. The summed E-state index contributed by atoms with van der Waals surface area (Å²) in [5, 5.41) is 14.5. The van der Waals surface area contributed by atoms with E-state index in [0.29, 0.717) is 31.1 Å². The second-order valence-electron chi connectivity index (χ2n) is 7.83. The zero-order valence-electron chi connectivity index (χ0n) is 18.9. The van der Waals surface area contributed by atoms with Crippen LogP contribution >= 0.6 is 0 Å². The molecule has 4 aromatic rings. The molecule has 33 heavy (non-hydrogen) atoms. The Bertz CT molecular complexity index is 1250. The van der Waals surface area contributed by atoms with E-state index >= 15 is 0 Å². The molecule has 6 nitrogen and oxygen atoms in total. The number of carboxylic acids is 1. The van der Waals surface area contributed by atoms with Gasteiger partial charge in [-0.05, 0) is 42.3 Å². The average Bonchev–Trinajstić information content (AvgIpc) is 3.15. The first kappa shape index (κ1) is 22.4. The van der Waals surface area contributed by atoms with Gasteiger partial charge in [0.15, 0.2) is 0 Å². The quantitative estimate of drug-likeness (QED) is 0.346. The number of benzene rings is 3. The first-order valence-corrected chi connectivity index (χ1v) is 10.9. The van der Waals surface area contributed by atoms with E-state index < -0.39 is 5.97 Å². The van der Waals surface area contributed by atoms with Crippen molar-refractivity contribution < 1.29 is 19.4 Å². The Hall–Kier alpha value is -3.77. The van der Waals surface area contributed by atoms with Gasteiger partial charge in [0.2, 0.25) is 0 Å². The molecule has 0 bridgehead atoms. The van der Waals surface area contributed by atoms with Crippen LogP contribution in [-0.4, -0.2) is 36.4 Å². The van der Waals surface area contributed by atoms with Crippen molar-refractivity contribution in [2.24, 2.45) is 0 Å². The number of aromatic carboxylic acids is 1. The number of hydrogen-bond acceptors (Lipinski definition) is 4. The molecule has 0 saturated heterocycles. The van der Waals surface area contributed by atoms with Crippen molar-refractivity contribution in [2.75, 3.05) is 20.8 Å². The summed E-state index contributed by atoms with van der Waals surface area (Å²) in [5.74, 6) is 0.613. The number of rotatable bonds is 10. The molecule has 0 aliphatic carbocycles. The number of nitrogens with zero attached hydrogens (tertiary/aromatic N) is 1. The maximum Gasteiger partial charge on any atom is 0.352 e. The number of nitrogens with one attached hydrogen (secondary N) is 1. The van der Waals surface area contributed by atoms with Crippen molar-refractivity contribution in [2.45, 2.75) is 19.5 Å². The fourth-order valence-electron chi connectivity index (χ4n) is 4.23. The predicted octanol–water partition coefficient (Wildman–Crippen LogP) is 4.74. The van der Waals surface area contributed by atoms with E-state index in [0.717, 1.165) is 39.8 Å². The zero-order valence-corrected chi connectivity index (χ0v) is 18.9. The zero-order chi connectivity index (χ0) is 23.2. The Morgan fingerprint density at radius 2 is 1.73 bits per heavy atom. The van der Waals surface area contributed by atoms with Crippen LogP contribution in [0.5, 0.6) is 11.5 Å². The van der Waals surface area contributed by atoms with Crippen LogP contribution in [0.2, 0.25) is 0 Å². The van der Waals surface area contributed by atoms with Crippen molar-refractivity contribution in [3.05, 3.63) is 95.2 Å². The molecule has 3 aromatic carbocycles. The highest BCUT2D eigenvalue weighted by Crippen LogP contribution is 2.31. The third-order valence-corrected chi connectivity index (χ3v) is 5.83. The van der Waals surface area contributed by atoms with Crippen molar-refractivity contribution >= 4 is 16.9 Å². The molecular formula is C27H28N2O4.